The van der Waals surface area contributed by atoms with Crippen LogP contribution in [0.1, 0.15) is 46.3 Å². The number of carbonyl (C=O) groups excluding carboxylic acids is 1. The van der Waals surface area contributed by atoms with Gasteiger partial charge in [-0.25, -0.2) is 4.98 Å². The molecule has 1 aliphatic carbocycles. The van der Waals surface area contributed by atoms with Crippen molar-refractivity contribution in [2.24, 2.45) is 5.41 Å². The zero-order valence-electron chi connectivity index (χ0n) is 11.1. The van der Waals surface area contributed by atoms with Crippen molar-refractivity contribution in [1.82, 2.24) is 9.97 Å². The molecule has 1 aliphatic rings. The second-order valence-corrected chi connectivity index (χ2v) is 6.91. The van der Waals surface area contributed by atoms with E-state index in [1.165, 1.54) is 11.3 Å². The molecule has 0 aromatic carbocycles. The van der Waals surface area contributed by atoms with Crippen LogP contribution in [-0.2, 0) is 12.8 Å². The standard InChI is InChI=1S/C15H16N2OS/c1-15(2)8-11-14(12(18)9-15)19-13(17-11)7-10-5-3-4-6-16-10/h3-6H,7-9H2,1-2H3. The Morgan fingerprint density at radius 3 is 2.89 bits per heavy atom. The van der Waals surface area contributed by atoms with Crippen molar-refractivity contribution in [3.8, 4) is 0 Å². The van der Waals surface area contributed by atoms with Gasteiger partial charge in [-0.2, -0.15) is 0 Å². The summed E-state index contributed by atoms with van der Waals surface area (Å²) in [6, 6.07) is 5.87. The fraction of sp³-hybridized carbons (Fsp3) is 0.400. The van der Waals surface area contributed by atoms with Gasteiger partial charge < -0.3 is 0 Å². The second-order valence-electron chi connectivity index (χ2n) is 5.82. The quantitative estimate of drug-likeness (QED) is 0.842. The van der Waals surface area contributed by atoms with E-state index in [2.05, 4.69) is 23.8 Å². The van der Waals surface area contributed by atoms with Crippen LogP contribution in [0, 0.1) is 5.41 Å². The summed E-state index contributed by atoms with van der Waals surface area (Å²) < 4.78 is 0. The molecular formula is C15H16N2OS. The molecule has 19 heavy (non-hydrogen) atoms. The Bertz CT molecular complexity index is 616. The zero-order chi connectivity index (χ0) is 13.5. The highest BCUT2D eigenvalue weighted by Crippen LogP contribution is 2.37. The third-order valence-corrected chi connectivity index (χ3v) is 4.48. The topological polar surface area (TPSA) is 42.9 Å². The number of aromatic nitrogens is 2. The van der Waals surface area contributed by atoms with E-state index in [4.69, 9.17) is 0 Å². The summed E-state index contributed by atoms with van der Waals surface area (Å²) in [6.45, 7) is 4.26. The first-order chi connectivity index (χ1) is 9.03. The van der Waals surface area contributed by atoms with Crippen LogP contribution in [0.3, 0.4) is 0 Å². The number of rotatable bonds is 2. The van der Waals surface area contributed by atoms with Gasteiger partial charge in [0, 0.05) is 24.7 Å². The van der Waals surface area contributed by atoms with Gasteiger partial charge in [0.15, 0.2) is 5.78 Å². The molecule has 3 rings (SSSR count). The minimum Gasteiger partial charge on any atom is -0.293 e. The first-order valence-electron chi connectivity index (χ1n) is 6.45. The molecule has 0 saturated heterocycles. The Morgan fingerprint density at radius 2 is 2.16 bits per heavy atom. The predicted octanol–water partition coefficient (Wildman–Crippen LogP) is 3.28. The number of fused-ring (bicyclic) bond motifs is 1. The Balaban J connectivity index is 1.89. The minimum absolute atomic E-state index is 0.0421. The molecule has 0 spiro atoms. The summed E-state index contributed by atoms with van der Waals surface area (Å²) in [4.78, 5) is 21.9. The molecule has 0 bridgehead atoms. The molecule has 0 atom stereocenters. The average molecular weight is 272 g/mol. The molecule has 0 N–H and O–H groups in total. The van der Waals surface area contributed by atoms with Gasteiger partial charge in [-0.3, -0.25) is 9.78 Å². The number of Topliss-reactive ketones (excluding diaryl/α,β-unsaturated/α-hetero) is 1. The molecule has 98 valence electrons. The molecule has 2 aromatic heterocycles. The summed E-state index contributed by atoms with van der Waals surface area (Å²) in [5.74, 6) is 0.246. The van der Waals surface area contributed by atoms with E-state index in [9.17, 15) is 4.79 Å². The van der Waals surface area contributed by atoms with Crippen LogP contribution in [0.5, 0.6) is 0 Å². The van der Waals surface area contributed by atoms with E-state index < -0.39 is 0 Å². The summed E-state index contributed by atoms with van der Waals surface area (Å²) in [5.41, 5.74) is 2.03. The van der Waals surface area contributed by atoms with E-state index in [1.807, 2.05) is 18.2 Å². The largest absolute Gasteiger partial charge is 0.293 e. The predicted molar refractivity (Wildman–Crippen MR) is 75.6 cm³/mol. The van der Waals surface area contributed by atoms with E-state index in [0.29, 0.717) is 12.8 Å². The molecule has 0 saturated carbocycles. The van der Waals surface area contributed by atoms with Crippen LogP contribution in [0.15, 0.2) is 24.4 Å². The van der Waals surface area contributed by atoms with E-state index in [-0.39, 0.29) is 11.2 Å². The van der Waals surface area contributed by atoms with Crippen molar-refractivity contribution in [3.05, 3.63) is 45.7 Å². The molecule has 0 fully saturated rings. The lowest BCUT2D eigenvalue weighted by molar-refractivity contribution is 0.0916. The number of nitrogens with zero attached hydrogens (tertiary/aromatic N) is 2. The number of ketones is 1. The van der Waals surface area contributed by atoms with Gasteiger partial charge in [-0.15, -0.1) is 11.3 Å². The highest BCUT2D eigenvalue weighted by Gasteiger charge is 2.33. The maximum absolute atomic E-state index is 12.1. The first-order valence-corrected chi connectivity index (χ1v) is 7.27. The molecule has 4 heteroatoms. The maximum atomic E-state index is 12.1. The summed E-state index contributed by atoms with van der Waals surface area (Å²) in [6.07, 6.45) is 4.03. The van der Waals surface area contributed by atoms with Crippen LogP contribution in [0.4, 0.5) is 0 Å². The second kappa shape index (κ2) is 4.53. The number of carbonyl (C=O) groups is 1. The van der Waals surface area contributed by atoms with Crippen LogP contribution in [-0.4, -0.2) is 15.8 Å². The van der Waals surface area contributed by atoms with Gasteiger partial charge in [-0.1, -0.05) is 19.9 Å². The number of pyridine rings is 1. The van der Waals surface area contributed by atoms with Gasteiger partial charge in [0.05, 0.1) is 15.6 Å². The van der Waals surface area contributed by atoms with Crippen LogP contribution in [0.25, 0.3) is 0 Å². The molecule has 0 unspecified atom stereocenters. The lowest BCUT2D eigenvalue weighted by atomic mass is 9.78. The molecule has 3 nitrogen and oxygen atoms in total. The SMILES string of the molecule is CC1(C)CC(=O)c2sc(Cc3ccccn3)nc2C1. The van der Waals surface area contributed by atoms with Crippen LogP contribution >= 0.6 is 11.3 Å². The third kappa shape index (κ3) is 2.59. The first kappa shape index (κ1) is 12.5. The Labute approximate surface area is 116 Å². The van der Waals surface area contributed by atoms with Gasteiger partial charge in [0.1, 0.15) is 0 Å². The smallest absolute Gasteiger partial charge is 0.175 e. The van der Waals surface area contributed by atoms with Crippen molar-refractivity contribution in [2.45, 2.75) is 33.1 Å². The van der Waals surface area contributed by atoms with Crippen molar-refractivity contribution >= 4 is 17.1 Å². The average Bonchev–Trinajstić information content (AvgIpc) is 2.71. The molecule has 0 radical (unpaired) electrons. The molecule has 0 aliphatic heterocycles. The van der Waals surface area contributed by atoms with E-state index >= 15 is 0 Å². The molecule has 2 heterocycles. The van der Waals surface area contributed by atoms with Gasteiger partial charge >= 0.3 is 0 Å². The molecular weight excluding hydrogens is 256 g/mol. The lowest BCUT2D eigenvalue weighted by Gasteiger charge is -2.26. The third-order valence-electron chi connectivity index (χ3n) is 3.34. The summed E-state index contributed by atoms with van der Waals surface area (Å²) in [5, 5.41) is 0.995. The molecule has 2 aromatic rings. The van der Waals surface area contributed by atoms with Crippen LogP contribution < -0.4 is 0 Å². The van der Waals surface area contributed by atoms with Crippen molar-refractivity contribution in [2.75, 3.05) is 0 Å². The highest BCUT2D eigenvalue weighted by molar-refractivity contribution is 7.13. The normalized spacial score (nSPS) is 17.3. The van der Waals surface area contributed by atoms with Crippen LogP contribution in [0.2, 0.25) is 0 Å². The van der Waals surface area contributed by atoms with Crippen molar-refractivity contribution in [1.29, 1.82) is 0 Å². The number of hydrogen-bond acceptors (Lipinski definition) is 4. The van der Waals surface area contributed by atoms with E-state index in [1.54, 1.807) is 6.20 Å². The zero-order valence-corrected chi connectivity index (χ0v) is 12.0. The van der Waals surface area contributed by atoms with Gasteiger partial charge in [0.2, 0.25) is 0 Å². The fourth-order valence-electron chi connectivity index (χ4n) is 2.50. The van der Waals surface area contributed by atoms with E-state index in [0.717, 1.165) is 27.7 Å². The minimum atomic E-state index is 0.0421. The fourth-order valence-corrected chi connectivity index (χ4v) is 3.54. The lowest BCUT2D eigenvalue weighted by Crippen LogP contribution is -2.26. The number of hydrogen-bond donors (Lipinski definition) is 0. The Hall–Kier alpha value is -1.55. The monoisotopic (exact) mass is 272 g/mol. The van der Waals surface area contributed by atoms with Crippen molar-refractivity contribution < 1.29 is 4.79 Å². The molecule has 0 amide bonds. The Morgan fingerprint density at radius 1 is 1.32 bits per heavy atom. The van der Waals surface area contributed by atoms with Gasteiger partial charge in [0.25, 0.3) is 0 Å². The Kier molecular flexibility index (Phi) is 2.97. The summed E-state index contributed by atoms with van der Waals surface area (Å²) >= 11 is 1.54. The summed E-state index contributed by atoms with van der Waals surface area (Å²) in [7, 11) is 0. The van der Waals surface area contributed by atoms with Gasteiger partial charge in [-0.05, 0) is 24.0 Å². The highest BCUT2D eigenvalue weighted by atomic mass is 32.1. The maximum Gasteiger partial charge on any atom is 0.175 e. The van der Waals surface area contributed by atoms with Crippen molar-refractivity contribution in [3.63, 3.8) is 0 Å². The number of thiazole rings is 1.